The Labute approximate surface area is 177 Å². The van der Waals surface area contributed by atoms with Crippen molar-refractivity contribution in [2.75, 3.05) is 5.32 Å². The van der Waals surface area contributed by atoms with E-state index in [4.69, 9.17) is 20.8 Å². The van der Waals surface area contributed by atoms with Crippen molar-refractivity contribution in [2.45, 2.75) is 13.5 Å². The van der Waals surface area contributed by atoms with Gasteiger partial charge in [0.15, 0.2) is 0 Å². The van der Waals surface area contributed by atoms with Gasteiger partial charge in [-0.2, -0.15) is 0 Å². The van der Waals surface area contributed by atoms with E-state index in [0.717, 1.165) is 16.5 Å². The predicted molar refractivity (Wildman–Crippen MR) is 117 cm³/mol. The topological polar surface area (TPSA) is 68.5 Å². The highest BCUT2D eigenvalue weighted by Gasteiger charge is 2.13. The van der Waals surface area contributed by atoms with Crippen LogP contribution in [0, 0.1) is 6.92 Å². The van der Waals surface area contributed by atoms with Crippen LogP contribution in [0.1, 0.15) is 21.5 Å². The van der Waals surface area contributed by atoms with E-state index in [0.29, 0.717) is 34.2 Å². The monoisotopic (exact) mass is 419 g/mol. The minimum Gasteiger partial charge on any atom is -0.488 e. The van der Waals surface area contributed by atoms with Crippen LogP contribution in [0.4, 0.5) is 5.69 Å². The van der Waals surface area contributed by atoms with Gasteiger partial charge in [0, 0.05) is 28.2 Å². The highest BCUT2D eigenvalue weighted by molar-refractivity contribution is 6.30. The van der Waals surface area contributed by atoms with Crippen LogP contribution in [0.2, 0.25) is 5.02 Å². The molecule has 1 aromatic heterocycles. The molecule has 4 aromatic rings. The first-order valence-corrected chi connectivity index (χ1v) is 9.69. The molecule has 0 saturated heterocycles. The number of anilines is 1. The van der Waals surface area contributed by atoms with Crippen molar-refractivity contribution in [1.82, 2.24) is 0 Å². The fraction of sp³-hybridized carbons (Fsp3) is 0.0833. The van der Waals surface area contributed by atoms with Crippen molar-refractivity contribution >= 4 is 34.2 Å². The maximum absolute atomic E-state index is 12.9. The van der Waals surface area contributed by atoms with Gasteiger partial charge in [-0.25, -0.2) is 4.79 Å². The average Bonchev–Trinajstić information content (AvgIpc) is 2.73. The highest BCUT2D eigenvalue weighted by Crippen LogP contribution is 2.24. The zero-order valence-corrected chi connectivity index (χ0v) is 16.9. The number of carbonyl (C=O) groups excluding carboxylic acids is 1. The SMILES string of the molecule is Cc1cc(=O)oc2cc(NC(=O)c3ccccc3OCc3ccc(Cl)cc3)ccc12. The lowest BCUT2D eigenvalue weighted by Crippen LogP contribution is -2.13. The summed E-state index contributed by atoms with van der Waals surface area (Å²) in [5.41, 5.74) is 2.68. The number of fused-ring (bicyclic) bond motifs is 1. The summed E-state index contributed by atoms with van der Waals surface area (Å²) in [5, 5.41) is 4.31. The molecule has 0 saturated carbocycles. The van der Waals surface area contributed by atoms with E-state index < -0.39 is 5.63 Å². The molecule has 0 bridgehead atoms. The highest BCUT2D eigenvalue weighted by atomic mass is 35.5. The molecule has 5 nitrogen and oxygen atoms in total. The Hall–Kier alpha value is -3.57. The number of benzene rings is 3. The fourth-order valence-corrected chi connectivity index (χ4v) is 3.25. The second-order valence-electron chi connectivity index (χ2n) is 6.82. The summed E-state index contributed by atoms with van der Waals surface area (Å²) in [6.07, 6.45) is 0. The van der Waals surface area contributed by atoms with Gasteiger partial charge in [-0.05, 0) is 54.4 Å². The van der Waals surface area contributed by atoms with Crippen molar-refractivity contribution in [3.63, 3.8) is 0 Å². The van der Waals surface area contributed by atoms with Crippen molar-refractivity contribution in [3.05, 3.63) is 105 Å². The van der Waals surface area contributed by atoms with Gasteiger partial charge in [0.2, 0.25) is 0 Å². The van der Waals surface area contributed by atoms with E-state index in [-0.39, 0.29) is 5.91 Å². The molecule has 1 N–H and O–H groups in total. The number of amides is 1. The summed E-state index contributed by atoms with van der Waals surface area (Å²) in [5.74, 6) is 0.143. The summed E-state index contributed by atoms with van der Waals surface area (Å²) in [6, 6.07) is 21.0. The number of carbonyl (C=O) groups is 1. The van der Waals surface area contributed by atoms with E-state index in [1.165, 1.54) is 6.07 Å². The molecule has 1 heterocycles. The quantitative estimate of drug-likeness (QED) is 0.428. The molecule has 0 unspecified atom stereocenters. The molecule has 30 heavy (non-hydrogen) atoms. The van der Waals surface area contributed by atoms with Crippen molar-refractivity contribution < 1.29 is 13.9 Å². The molecular formula is C24H18ClNO4. The summed E-state index contributed by atoms with van der Waals surface area (Å²) in [6.45, 7) is 2.15. The largest absolute Gasteiger partial charge is 0.488 e. The number of para-hydroxylation sites is 1. The third kappa shape index (κ3) is 4.36. The van der Waals surface area contributed by atoms with E-state index in [2.05, 4.69) is 5.32 Å². The van der Waals surface area contributed by atoms with Crippen molar-refractivity contribution in [3.8, 4) is 5.75 Å². The molecule has 0 spiro atoms. The van der Waals surface area contributed by atoms with E-state index in [1.807, 2.05) is 25.1 Å². The van der Waals surface area contributed by atoms with Gasteiger partial charge in [-0.3, -0.25) is 4.79 Å². The maximum Gasteiger partial charge on any atom is 0.336 e. The number of rotatable bonds is 5. The van der Waals surface area contributed by atoms with E-state index in [1.54, 1.807) is 48.5 Å². The standard InChI is InChI=1S/C24H18ClNO4/c1-15-12-23(27)30-22-13-18(10-11-19(15)22)26-24(28)20-4-2-3-5-21(20)29-14-16-6-8-17(25)9-7-16/h2-13H,14H2,1H3,(H,26,28). The molecule has 4 rings (SSSR count). The number of ether oxygens (including phenoxy) is 1. The number of hydrogen-bond acceptors (Lipinski definition) is 4. The third-order valence-corrected chi connectivity index (χ3v) is 4.90. The Morgan fingerprint density at radius 1 is 1.03 bits per heavy atom. The summed E-state index contributed by atoms with van der Waals surface area (Å²) in [4.78, 5) is 24.5. The van der Waals surface area contributed by atoms with Crippen LogP contribution in [-0.4, -0.2) is 5.91 Å². The zero-order valence-electron chi connectivity index (χ0n) is 16.1. The molecule has 150 valence electrons. The molecule has 6 heteroatoms. The van der Waals surface area contributed by atoms with Gasteiger partial charge >= 0.3 is 5.63 Å². The lowest BCUT2D eigenvalue weighted by atomic mass is 10.1. The van der Waals surface area contributed by atoms with Crippen LogP contribution in [0.5, 0.6) is 5.75 Å². The smallest absolute Gasteiger partial charge is 0.336 e. The number of hydrogen-bond donors (Lipinski definition) is 1. The Kier molecular flexibility index (Phi) is 5.55. The first-order valence-electron chi connectivity index (χ1n) is 9.32. The van der Waals surface area contributed by atoms with Crippen LogP contribution >= 0.6 is 11.6 Å². The third-order valence-electron chi connectivity index (χ3n) is 4.65. The first-order chi connectivity index (χ1) is 14.5. The van der Waals surface area contributed by atoms with Gasteiger partial charge in [-0.15, -0.1) is 0 Å². The lowest BCUT2D eigenvalue weighted by Gasteiger charge is -2.12. The predicted octanol–water partition coefficient (Wildman–Crippen LogP) is 5.59. The van der Waals surface area contributed by atoms with Crippen molar-refractivity contribution in [2.24, 2.45) is 0 Å². The minimum absolute atomic E-state index is 0.307. The maximum atomic E-state index is 12.9. The molecule has 0 radical (unpaired) electrons. The van der Waals surface area contributed by atoms with Crippen LogP contribution in [0.25, 0.3) is 11.0 Å². The van der Waals surface area contributed by atoms with E-state index in [9.17, 15) is 9.59 Å². The molecule has 0 aliphatic heterocycles. The van der Waals surface area contributed by atoms with Gasteiger partial charge in [0.25, 0.3) is 5.91 Å². The Balaban J connectivity index is 1.54. The summed E-state index contributed by atoms with van der Waals surface area (Å²) >= 11 is 5.91. The Morgan fingerprint density at radius 2 is 1.80 bits per heavy atom. The van der Waals surface area contributed by atoms with Gasteiger partial charge in [-0.1, -0.05) is 35.9 Å². The number of aryl methyl sites for hydroxylation is 1. The molecule has 0 fully saturated rings. The molecule has 0 atom stereocenters. The zero-order chi connectivity index (χ0) is 21.1. The van der Waals surface area contributed by atoms with Gasteiger partial charge in [0.05, 0.1) is 5.56 Å². The fourth-order valence-electron chi connectivity index (χ4n) is 3.12. The summed E-state index contributed by atoms with van der Waals surface area (Å²) in [7, 11) is 0. The molecule has 0 aliphatic carbocycles. The molecule has 1 amide bonds. The minimum atomic E-state index is -0.426. The Morgan fingerprint density at radius 3 is 2.60 bits per heavy atom. The van der Waals surface area contributed by atoms with Crippen LogP contribution in [-0.2, 0) is 6.61 Å². The first kappa shape index (κ1) is 19.7. The van der Waals surface area contributed by atoms with Gasteiger partial charge in [0.1, 0.15) is 17.9 Å². The second kappa shape index (κ2) is 8.43. The van der Waals surface area contributed by atoms with Gasteiger partial charge < -0.3 is 14.5 Å². The summed E-state index contributed by atoms with van der Waals surface area (Å²) < 4.78 is 11.1. The lowest BCUT2D eigenvalue weighted by molar-refractivity contribution is 0.102. The second-order valence-corrected chi connectivity index (χ2v) is 7.26. The number of halogens is 1. The molecule has 3 aromatic carbocycles. The van der Waals surface area contributed by atoms with E-state index >= 15 is 0 Å². The van der Waals surface area contributed by atoms with Crippen molar-refractivity contribution in [1.29, 1.82) is 0 Å². The number of nitrogens with one attached hydrogen (secondary N) is 1. The Bertz CT molecular complexity index is 1280. The van der Waals surface area contributed by atoms with Crippen LogP contribution in [0.3, 0.4) is 0 Å². The normalized spacial score (nSPS) is 10.7. The molecule has 0 aliphatic rings. The molecular weight excluding hydrogens is 402 g/mol. The van der Waals surface area contributed by atoms with Crippen LogP contribution < -0.4 is 15.7 Å². The van der Waals surface area contributed by atoms with Crippen LogP contribution in [0.15, 0.2) is 82.0 Å². The average molecular weight is 420 g/mol.